The maximum atomic E-state index is 12.5. The molecule has 0 aliphatic carbocycles. The normalized spacial score (nSPS) is 11.2. The minimum atomic E-state index is -3.73. The van der Waals surface area contributed by atoms with E-state index in [9.17, 15) is 13.2 Å². The number of nitrogens with one attached hydrogen (secondary N) is 2. The van der Waals surface area contributed by atoms with E-state index in [1.807, 2.05) is 37.3 Å². The van der Waals surface area contributed by atoms with Gasteiger partial charge in [0.15, 0.2) is 11.5 Å². The van der Waals surface area contributed by atoms with E-state index in [1.165, 1.54) is 30.5 Å². The number of carbonyl (C=O) groups is 1. The Bertz CT molecular complexity index is 1520. The number of carbonyl (C=O) groups excluding carboxylic acids is 1. The third-order valence-corrected chi connectivity index (χ3v) is 6.93. The van der Waals surface area contributed by atoms with Crippen LogP contribution < -0.4 is 19.6 Å². The van der Waals surface area contributed by atoms with Gasteiger partial charge in [0.05, 0.1) is 18.2 Å². The molecule has 0 heterocycles. The van der Waals surface area contributed by atoms with Crippen molar-refractivity contribution < 1.29 is 22.7 Å². The molecule has 0 fully saturated rings. The zero-order valence-corrected chi connectivity index (χ0v) is 21.7. The van der Waals surface area contributed by atoms with E-state index in [-0.39, 0.29) is 4.90 Å². The minimum absolute atomic E-state index is 0.159. The predicted octanol–water partition coefficient (Wildman–Crippen LogP) is 5.15. The van der Waals surface area contributed by atoms with Crippen molar-refractivity contribution in [2.45, 2.75) is 18.4 Å². The fraction of sp³-hybridized carbons (Fsp3) is 0.103. The van der Waals surface area contributed by atoms with Gasteiger partial charge in [-0.2, -0.15) is 5.10 Å². The lowest BCUT2D eigenvalue weighted by Gasteiger charge is -2.11. The summed E-state index contributed by atoms with van der Waals surface area (Å²) in [6.07, 6.45) is 1.49. The molecule has 9 heteroatoms. The number of hydrogen-bond acceptors (Lipinski definition) is 6. The molecule has 4 rings (SSSR count). The lowest BCUT2D eigenvalue weighted by molar-refractivity contribution is 0.0955. The number of hydrazone groups is 1. The van der Waals surface area contributed by atoms with Crippen molar-refractivity contribution >= 4 is 27.8 Å². The van der Waals surface area contributed by atoms with Gasteiger partial charge in [0.1, 0.15) is 6.61 Å². The second kappa shape index (κ2) is 12.1. The first-order valence-electron chi connectivity index (χ1n) is 11.7. The first-order chi connectivity index (χ1) is 18.3. The summed E-state index contributed by atoms with van der Waals surface area (Å²) < 4.78 is 38.9. The Morgan fingerprint density at radius 2 is 1.61 bits per heavy atom. The van der Waals surface area contributed by atoms with Gasteiger partial charge in [-0.3, -0.25) is 9.52 Å². The number of rotatable bonds is 10. The van der Waals surface area contributed by atoms with E-state index < -0.39 is 15.9 Å². The molecule has 194 valence electrons. The van der Waals surface area contributed by atoms with Crippen molar-refractivity contribution in [1.82, 2.24) is 5.43 Å². The lowest BCUT2D eigenvalue weighted by Crippen LogP contribution is -2.18. The van der Waals surface area contributed by atoms with Gasteiger partial charge in [-0.1, -0.05) is 48.0 Å². The maximum absolute atomic E-state index is 12.5. The van der Waals surface area contributed by atoms with Crippen LogP contribution >= 0.6 is 0 Å². The molecule has 0 aliphatic rings. The Balaban J connectivity index is 1.33. The zero-order chi connectivity index (χ0) is 27.0. The highest BCUT2D eigenvalue weighted by Crippen LogP contribution is 2.28. The minimum Gasteiger partial charge on any atom is -0.493 e. The molecule has 0 aromatic heterocycles. The molecule has 0 atom stereocenters. The number of amides is 1. The molecule has 0 saturated heterocycles. The van der Waals surface area contributed by atoms with Gasteiger partial charge in [0, 0.05) is 11.3 Å². The van der Waals surface area contributed by atoms with E-state index >= 15 is 0 Å². The Labute approximate surface area is 222 Å². The highest BCUT2D eigenvalue weighted by molar-refractivity contribution is 7.92. The van der Waals surface area contributed by atoms with Crippen LogP contribution in [0.2, 0.25) is 0 Å². The van der Waals surface area contributed by atoms with Crippen molar-refractivity contribution in [3.8, 4) is 11.5 Å². The molecule has 0 bridgehead atoms. The number of benzene rings is 4. The number of aryl methyl sites for hydroxylation is 1. The number of nitrogens with zero attached hydrogens (tertiary/aromatic N) is 1. The highest BCUT2D eigenvalue weighted by atomic mass is 32.2. The topological polar surface area (TPSA) is 106 Å². The SMILES string of the molecule is COc1cc(/C=N\NC(=O)c2ccc(NS(=O)(=O)c3ccc(C)cc3)cc2)ccc1OCc1ccccc1. The zero-order valence-electron chi connectivity index (χ0n) is 20.9. The van der Waals surface area contributed by atoms with Gasteiger partial charge < -0.3 is 9.47 Å². The van der Waals surface area contributed by atoms with Crippen LogP contribution in [0, 0.1) is 6.92 Å². The summed E-state index contributed by atoms with van der Waals surface area (Å²) in [6.45, 7) is 2.29. The Morgan fingerprint density at radius 1 is 0.895 bits per heavy atom. The first kappa shape index (κ1) is 26.4. The Morgan fingerprint density at radius 3 is 2.29 bits per heavy atom. The summed E-state index contributed by atoms with van der Waals surface area (Å²) in [4.78, 5) is 12.6. The third-order valence-electron chi connectivity index (χ3n) is 5.54. The van der Waals surface area contributed by atoms with Crippen LogP contribution in [0.1, 0.15) is 27.0 Å². The van der Waals surface area contributed by atoms with Gasteiger partial charge >= 0.3 is 0 Å². The van der Waals surface area contributed by atoms with Gasteiger partial charge in [-0.15, -0.1) is 0 Å². The summed E-state index contributed by atoms with van der Waals surface area (Å²) in [5.74, 6) is 0.694. The van der Waals surface area contributed by atoms with Gasteiger partial charge in [-0.05, 0) is 72.6 Å². The molecule has 0 unspecified atom stereocenters. The van der Waals surface area contributed by atoms with E-state index in [4.69, 9.17) is 9.47 Å². The second-order valence-electron chi connectivity index (χ2n) is 8.38. The monoisotopic (exact) mass is 529 g/mol. The molecule has 4 aromatic rings. The quantitative estimate of drug-likeness (QED) is 0.218. The molecular weight excluding hydrogens is 502 g/mol. The summed E-state index contributed by atoms with van der Waals surface area (Å²) in [7, 11) is -2.17. The van der Waals surface area contributed by atoms with Crippen molar-refractivity contribution in [2.24, 2.45) is 5.10 Å². The summed E-state index contributed by atoms with van der Waals surface area (Å²) in [5, 5.41) is 4.01. The average Bonchev–Trinajstić information content (AvgIpc) is 2.93. The van der Waals surface area contributed by atoms with Crippen molar-refractivity contribution in [3.05, 3.63) is 119 Å². The molecule has 1 amide bonds. The fourth-order valence-corrected chi connectivity index (χ4v) is 4.53. The molecular formula is C29H27N3O5S. The van der Waals surface area contributed by atoms with Crippen molar-refractivity contribution in [2.75, 3.05) is 11.8 Å². The van der Waals surface area contributed by atoms with E-state index in [0.717, 1.165) is 11.1 Å². The Kier molecular flexibility index (Phi) is 8.40. The summed E-state index contributed by atoms with van der Waals surface area (Å²) in [6, 6.07) is 27.7. The van der Waals surface area contributed by atoms with Gasteiger partial charge in [-0.25, -0.2) is 13.8 Å². The number of anilines is 1. The molecule has 8 nitrogen and oxygen atoms in total. The van der Waals surface area contributed by atoms with Crippen LogP contribution in [0.4, 0.5) is 5.69 Å². The van der Waals surface area contributed by atoms with Gasteiger partial charge in [0.2, 0.25) is 0 Å². The van der Waals surface area contributed by atoms with Crippen molar-refractivity contribution in [3.63, 3.8) is 0 Å². The average molecular weight is 530 g/mol. The van der Waals surface area contributed by atoms with E-state index in [1.54, 1.807) is 49.6 Å². The second-order valence-corrected chi connectivity index (χ2v) is 10.1. The van der Waals surface area contributed by atoms with Crippen LogP contribution in [-0.2, 0) is 16.6 Å². The van der Waals surface area contributed by atoms with Crippen LogP contribution in [0.15, 0.2) is 107 Å². The number of hydrogen-bond donors (Lipinski definition) is 2. The predicted molar refractivity (Wildman–Crippen MR) is 147 cm³/mol. The maximum Gasteiger partial charge on any atom is 0.271 e. The third kappa shape index (κ3) is 6.98. The smallest absolute Gasteiger partial charge is 0.271 e. The molecule has 2 N–H and O–H groups in total. The van der Waals surface area contributed by atoms with Gasteiger partial charge in [0.25, 0.3) is 15.9 Å². The molecule has 0 aliphatic heterocycles. The number of sulfonamides is 1. The van der Waals surface area contributed by atoms with E-state index in [0.29, 0.717) is 34.9 Å². The van der Waals surface area contributed by atoms with Crippen molar-refractivity contribution in [1.29, 1.82) is 0 Å². The molecule has 4 aromatic carbocycles. The van der Waals surface area contributed by atoms with E-state index in [2.05, 4.69) is 15.2 Å². The van der Waals surface area contributed by atoms with Crippen LogP contribution in [-0.4, -0.2) is 27.6 Å². The largest absolute Gasteiger partial charge is 0.493 e. The summed E-state index contributed by atoms with van der Waals surface area (Å²) >= 11 is 0. The molecule has 0 spiro atoms. The first-order valence-corrected chi connectivity index (χ1v) is 13.2. The number of ether oxygens (including phenoxy) is 2. The van der Waals surface area contributed by atoms with Crippen LogP contribution in [0.25, 0.3) is 0 Å². The highest BCUT2D eigenvalue weighted by Gasteiger charge is 2.14. The summed E-state index contributed by atoms with van der Waals surface area (Å²) in [5.41, 5.74) is 5.84. The standard InChI is InChI=1S/C29H27N3O5S/c1-21-8-15-26(16-9-21)38(34,35)32-25-13-11-24(12-14-25)29(33)31-30-19-23-10-17-27(28(18-23)36-2)37-20-22-6-4-3-5-7-22/h3-19,32H,20H2,1-2H3,(H,31,33)/b30-19-. The molecule has 38 heavy (non-hydrogen) atoms. The molecule has 0 radical (unpaired) electrons. The van der Waals surface area contributed by atoms with Crippen LogP contribution in [0.5, 0.6) is 11.5 Å². The fourth-order valence-electron chi connectivity index (χ4n) is 3.47. The van der Waals surface area contributed by atoms with Crippen LogP contribution in [0.3, 0.4) is 0 Å². The molecule has 0 saturated carbocycles. The number of methoxy groups -OCH3 is 1. The lowest BCUT2D eigenvalue weighted by atomic mass is 10.2. The Hall–Kier alpha value is -4.63.